The van der Waals surface area contributed by atoms with Crippen molar-refractivity contribution >= 4 is 28.3 Å². The molecule has 1 fully saturated rings. The zero-order chi connectivity index (χ0) is 8.59. The van der Waals surface area contributed by atoms with Gasteiger partial charge in [-0.05, 0) is 20.8 Å². The molecule has 0 amide bonds. The lowest BCUT2D eigenvalue weighted by Gasteiger charge is -2.26. The molecular weight excluding hydrogens is 174 g/mol. The molecule has 0 bridgehead atoms. The molecule has 1 rings (SSSR count). The summed E-state index contributed by atoms with van der Waals surface area (Å²) in [6.07, 6.45) is 0. The van der Waals surface area contributed by atoms with Gasteiger partial charge in [0.1, 0.15) is 4.32 Å². The molecule has 0 saturated carbocycles. The highest BCUT2D eigenvalue weighted by atomic mass is 32.2. The summed E-state index contributed by atoms with van der Waals surface area (Å²) in [6, 6.07) is 0.900. The molecule has 0 radical (unpaired) electrons. The minimum absolute atomic E-state index is 0.410. The van der Waals surface area contributed by atoms with Crippen molar-refractivity contribution in [3.05, 3.63) is 11.5 Å². The lowest BCUT2D eigenvalue weighted by Crippen LogP contribution is -2.36. The third kappa shape index (κ3) is 1.59. The molecule has 1 saturated heterocycles. The Labute approximate surface area is 77.8 Å². The minimum atomic E-state index is 0.410. The van der Waals surface area contributed by atoms with E-state index in [1.807, 2.05) is 0 Å². The monoisotopic (exact) mass is 187 g/mol. The zero-order valence-electron chi connectivity index (χ0n) is 7.13. The van der Waals surface area contributed by atoms with Gasteiger partial charge < -0.3 is 4.90 Å². The molecule has 1 aliphatic heterocycles. The van der Waals surface area contributed by atoms with Crippen molar-refractivity contribution in [2.45, 2.75) is 32.9 Å². The standard InChI is InChI=1S/C8H13NS2/c1-5(2)9-6(3)7(4)11-8(9)10/h5-6H,4H2,1-3H3. The predicted molar refractivity (Wildman–Crippen MR) is 55.8 cm³/mol. The Kier molecular flexibility index (Phi) is 2.60. The first kappa shape index (κ1) is 9.07. The second-order valence-corrected chi connectivity index (χ2v) is 4.77. The number of thiocarbonyl (C=S) groups is 1. The van der Waals surface area contributed by atoms with Gasteiger partial charge >= 0.3 is 0 Å². The second kappa shape index (κ2) is 3.15. The molecule has 0 aromatic carbocycles. The number of rotatable bonds is 1. The molecule has 0 aromatic heterocycles. The summed E-state index contributed by atoms with van der Waals surface area (Å²) in [5, 5.41) is 0. The lowest BCUT2D eigenvalue weighted by atomic mass is 10.2. The van der Waals surface area contributed by atoms with Gasteiger partial charge in [-0.2, -0.15) is 0 Å². The molecule has 62 valence electrons. The molecule has 3 heteroatoms. The minimum Gasteiger partial charge on any atom is -0.348 e. The highest BCUT2D eigenvalue weighted by Crippen LogP contribution is 2.34. The summed E-state index contributed by atoms with van der Waals surface area (Å²) in [6.45, 7) is 10.4. The molecule has 0 aliphatic carbocycles. The van der Waals surface area contributed by atoms with Crippen molar-refractivity contribution < 1.29 is 0 Å². The van der Waals surface area contributed by atoms with Gasteiger partial charge in [-0.3, -0.25) is 0 Å². The topological polar surface area (TPSA) is 3.24 Å². The van der Waals surface area contributed by atoms with Crippen molar-refractivity contribution in [2.24, 2.45) is 0 Å². The molecule has 1 unspecified atom stereocenters. The number of hydrogen-bond acceptors (Lipinski definition) is 2. The Morgan fingerprint density at radius 3 is 2.36 bits per heavy atom. The molecule has 0 aromatic rings. The summed E-state index contributed by atoms with van der Waals surface area (Å²) in [5.74, 6) is 0. The predicted octanol–water partition coefficient (Wildman–Crippen LogP) is 2.63. The van der Waals surface area contributed by atoms with Crippen LogP contribution >= 0.6 is 24.0 Å². The lowest BCUT2D eigenvalue weighted by molar-refractivity contribution is 0.329. The average Bonchev–Trinajstić information content (AvgIpc) is 2.07. The van der Waals surface area contributed by atoms with Crippen LogP contribution in [0.2, 0.25) is 0 Å². The SMILES string of the molecule is C=C1SC(=S)N(C(C)C)C1C. The Hall–Kier alpha value is -0.0200. The Balaban J connectivity index is 2.79. The van der Waals surface area contributed by atoms with Gasteiger partial charge in [0.15, 0.2) is 0 Å². The van der Waals surface area contributed by atoms with Crippen LogP contribution in [-0.4, -0.2) is 21.3 Å². The summed E-state index contributed by atoms with van der Waals surface area (Å²) >= 11 is 6.83. The van der Waals surface area contributed by atoms with Crippen LogP contribution in [0.25, 0.3) is 0 Å². The molecule has 0 spiro atoms. The van der Waals surface area contributed by atoms with Crippen molar-refractivity contribution in [2.75, 3.05) is 0 Å². The molecule has 1 aliphatic rings. The maximum atomic E-state index is 5.20. The zero-order valence-corrected chi connectivity index (χ0v) is 8.76. The van der Waals surface area contributed by atoms with Crippen LogP contribution in [0.15, 0.2) is 11.5 Å². The quantitative estimate of drug-likeness (QED) is 0.581. The van der Waals surface area contributed by atoms with Crippen LogP contribution in [0.4, 0.5) is 0 Å². The summed E-state index contributed by atoms with van der Waals surface area (Å²) in [7, 11) is 0. The summed E-state index contributed by atoms with van der Waals surface area (Å²) in [4.78, 5) is 3.39. The van der Waals surface area contributed by atoms with E-state index in [9.17, 15) is 0 Å². The van der Waals surface area contributed by atoms with Crippen LogP contribution in [-0.2, 0) is 0 Å². The van der Waals surface area contributed by atoms with E-state index in [-0.39, 0.29) is 0 Å². The second-order valence-electron chi connectivity index (χ2n) is 3.01. The average molecular weight is 187 g/mol. The Morgan fingerprint density at radius 1 is 1.64 bits per heavy atom. The van der Waals surface area contributed by atoms with Gasteiger partial charge in [0, 0.05) is 10.9 Å². The van der Waals surface area contributed by atoms with E-state index in [0.717, 1.165) is 4.32 Å². The van der Waals surface area contributed by atoms with Gasteiger partial charge in [-0.1, -0.05) is 30.6 Å². The van der Waals surface area contributed by atoms with Crippen molar-refractivity contribution in [1.29, 1.82) is 0 Å². The van der Waals surface area contributed by atoms with Gasteiger partial charge in [0.2, 0.25) is 0 Å². The third-order valence-electron chi connectivity index (χ3n) is 1.87. The van der Waals surface area contributed by atoms with E-state index in [4.69, 9.17) is 12.2 Å². The number of thioether (sulfide) groups is 1. The van der Waals surface area contributed by atoms with Crippen LogP contribution < -0.4 is 0 Å². The highest BCUT2D eigenvalue weighted by molar-refractivity contribution is 8.25. The van der Waals surface area contributed by atoms with Crippen LogP contribution in [0, 0.1) is 0 Å². The normalized spacial score (nSPS) is 25.5. The van der Waals surface area contributed by atoms with Gasteiger partial charge in [0.05, 0.1) is 6.04 Å². The molecular formula is C8H13NS2. The molecule has 1 nitrogen and oxygen atoms in total. The maximum absolute atomic E-state index is 5.20. The highest BCUT2D eigenvalue weighted by Gasteiger charge is 2.30. The van der Waals surface area contributed by atoms with E-state index in [1.165, 1.54) is 4.91 Å². The summed E-state index contributed by atoms with van der Waals surface area (Å²) < 4.78 is 0.970. The molecule has 1 atom stereocenters. The van der Waals surface area contributed by atoms with Crippen molar-refractivity contribution in [3.63, 3.8) is 0 Å². The fourth-order valence-electron chi connectivity index (χ4n) is 1.22. The van der Waals surface area contributed by atoms with Gasteiger partial charge in [-0.25, -0.2) is 0 Å². The van der Waals surface area contributed by atoms with E-state index in [1.54, 1.807) is 11.8 Å². The molecule has 11 heavy (non-hydrogen) atoms. The third-order valence-corrected chi connectivity index (χ3v) is 3.32. The number of nitrogens with zero attached hydrogens (tertiary/aromatic N) is 1. The van der Waals surface area contributed by atoms with E-state index in [0.29, 0.717) is 12.1 Å². The Bertz CT molecular complexity index is 198. The van der Waals surface area contributed by atoms with E-state index < -0.39 is 0 Å². The van der Waals surface area contributed by atoms with Crippen LogP contribution in [0.5, 0.6) is 0 Å². The van der Waals surface area contributed by atoms with Gasteiger partial charge in [0.25, 0.3) is 0 Å². The molecule has 1 heterocycles. The summed E-state index contributed by atoms with van der Waals surface area (Å²) in [5.41, 5.74) is 0. The van der Waals surface area contributed by atoms with E-state index >= 15 is 0 Å². The first-order chi connectivity index (χ1) is 5.04. The first-order valence-corrected chi connectivity index (χ1v) is 4.95. The van der Waals surface area contributed by atoms with Crippen LogP contribution in [0.3, 0.4) is 0 Å². The van der Waals surface area contributed by atoms with Crippen molar-refractivity contribution in [3.8, 4) is 0 Å². The van der Waals surface area contributed by atoms with Gasteiger partial charge in [-0.15, -0.1) is 0 Å². The first-order valence-electron chi connectivity index (χ1n) is 3.73. The van der Waals surface area contributed by atoms with Crippen molar-refractivity contribution in [1.82, 2.24) is 4.90 Å². The van der Waals surface area contributed by atoms with Crippen LogP contribution in [0.1, 0.15) is 20.8 Å². The fourth-order valence-corrected chi connectivity index (χ4v) is 2.89. The smallest absolute Gasteiger partial charge is 0.141 e. The fraction of sp³-hybridized carbons (Fsp3) is 0.625. The molecule has 0 N–H and O–H groups in total. The maximum Gasteiger partial charge on any atom is 0.141 e. The largest absolute Gasteiger partial charge is 0.348 e. The Morgan fingerprint density at radius 2 is 2.18 bits per heavy atom. The van der Waals surface area contributed by atoms with E-state index in [2.05, 4.69) is 32.3 Å². The number of hydrogen-bond donors (Lipinski definition) is 0.